The predicted molar refractivity (Wildman–Crippen MR) is 70.8 cm³/mol. The quantitative estimate of drug-likeness (QED) is 0.834. The van der Waals surface area contributed by atoms with Crippen molar-refractivity contribution in [3.8, 4) is 0 Å². The molecule has 4 heteroatoms. The lowest BCUT2D eigenvalue weighted by molar-refractivity contribution is -0.118. The number of carbonyl (C=O) groups excluding carboxylic acids is 1. The minimum Gasteiger partial charge on any atom is -0.350 e. The first-order valence-corrected chi connectivity index (χ1v) is 6.47. The highest BCUT2D eigenvalue weighted by Crippen LogP contribution is 2.32. The summed E-state index contributed by atoms with van der Waals surface area (Å²) in [5.74, 6) is -2.78. The van der Waals surface area contributed by atoms with E-state index >= 15 is 0 Å². The molecule has 1 saturated carbocycles. The second-order valence-corrected chi connectivity index (χ2v) is 4.88. The summed E-state index contributed by atoms with van der Waals surface area (Å²) in [5.41, 5.74) is 0.938. The Labute approximate surface area is 111 Å². The van der Waals surface area contributed by atoms with Gasteiger partial charge in [-0.3, -0.25) is 4.79 Å². The molecule has 1 aliphatic carbocycles. The molecule has 0 spiro atoms. The van der Waals surface area contributed by atoms with Crippen molar-refractivity contribution in [1.29, 1.82) is 0 Å². The van der Waals surface area contributed by atoms with Crippen LogP contribution in [0.25, 0.3) is 6.08 Å². The average molecular weight is 265 g/mol. The fourth-order valence-electron chi connectivity index (χ4n) is 2.17. The summed E-state index contributed by atoms with van der Waals surface area (Å²) in [6.07, 6.45) is 3.57. The molecule has 0 atom stereocenters. The smallest absolute Gasteiger partial charge is 0.248 e. The Bertz CT molecular complexity index is 446. The van der Waals surface area contributed by atoms with Crippen molar-refractivity contribution < 1.29 is 13.6 Å². The summed E-state index contributed by atoms with van der Waals surface area (Å²) in [6.45, 7) is 0. The monoisotopic (exact) mass is 265 g/mol. The maximum absolute atomic E-state index is 13.0. The second-order valence-electron chi connectivity index (χ2n) is 4.88. The molecule has 0 heterocycles. The van der Waals surface area contributed by atoms with Crippen molar-refractivity contribution in [2.24, 2.45) is 0 Å². The molecule has 1 aromatic rings. The van der Waals surface area contributed by atoms with Crippen LogP contribution < -0.4 is 5.32 Å². The molecule has 1 N–H and O–H groups in total. The Balaban J connectivity index is 1.81. The summed E-state index contributed by atoms with van der Waals surface area (Å²) < 4.78 is 25.9. The van der Waals surface area contributed by atoms with Crippen LogP contribution in [0.15, 0.2) is 36.4 Å². The SMILES string of the molecule is O=C(/C=C/c1ccccc1)NC1CCC(F)(F)CC1. The fraction of sp³-hybridized carbons (Fsp3) is 0.400. The summed E-state index contributed by atoms with van der Waals surface area (Å²) in [7, 11) is 0. The number of rotatable bonds is 3. The number of benzene rings is 1. The number of carbonyl (C=O) groups is 1. The number of hydrogen-bond acceptors (Lipinski definition) is 1. The molecular weight excluding hydrogens is 248 g/mol. The van der Waals surface area contributed by atoms with Gasteiger partial charge in [-0.1, -0.05) is 30.3 Å². The van der Waals surface area contributed by atoms with Crippen molar-refractivity contribution in [3.05, 3.63) is 42.0 Å². The topological polar surface area (TPSA) is 29.1 Å². The van der Waals surface area contributed by atoms with Crippen LogP contribution in [0.3, 0.4) is 0 Å². The van der Waals surface area contributed by atoms with Crippen LogP contribution in [-0.2, 0) is 4.79 Å². The first-order chi connectivity index (χ1) is 9.05. The van der Waals surface area contributed by atoms with Crippen molar-refractivity contribution in [2.45, 2.75) is 37.6 Å². The summed E-state index contributed by atoms with van der Waals surface area (Å²) in [4.78, 5) is 11.7. The van der Waals surface area contributed by atoms with Gasteiger partial charge in [0, 0.05) is 25.0 Å². The molecule has 19 heavy (non-hydrogen) atoms. The van der Waals surface area contributed by atoms with Gasteiger partial charge in [0.25, 0.3) is 0 Å². The Morgan fingerprint density at radius 2 is 1.84 bits per heavy atom. The Morgan fingerprint density at radius 1 is 1.21 bits per heavy atom. The maximum Gasteiger partial charge on any atom is 0.248 e. The molecule has 1 fully saturated rings. The van der Waals surface area contributed by atoms with Crippen molar-refractivity contribution in [1.82, 2.24) is 5.32 Å². The molecule has 102 valence electrons. The van der Waals surface area contributed by atoms with Gasteiger partial charge in [-0.15, -0.1) is 0 Å². The number of alkyl halides is 2. The van der Waals surface area contributed by atoms with E-state index in [1.165, 1.54) is 6.08 Å². The molecule has 0 radical (unpaired) electrons. The standard InChI is InChI=1S/C15H17F2NO/c16-15(17)10-8-13(9-11-15)18-14(19)7-6-12-4-2-1-3-5-12/h1-7,13H,8-11H2,(H,18,19)/b7-6+. The lowest BCUT2D eigenvalue weighted by atomic mass is 9.92. The van der Waals surface area contributed by atoms with Crippen LogP contribution in [0.2, 0.25) is 0 Å². The van der Waals surface area contributed by atoms with Crippen LogP contribution in [-0.4, -0.2) is 17.9 Å². The molecule has 1 amide bonds. The zero-order chi connectivity index (χ0) is 13.7. The van der Waals surface area contributed by atoms with Crippen molar-refractivity contribution in [3.63, 3.8) is 0 Å². The molecule has 2 rings (SSSR count). The van der Waals surface area contributed by atoms with Gasteiger partial charge < -0.3 is 5.32 Å². The molecule has 1 aliphatic rings. The summed E-state index contributed by atoms with van der Waals surface area (Å²) >= 11 is 0. The lowest BCUT2D eigenvalue weighted by Crippen LogP contribution is -2.39. The third-order valence-corrected chi connectivity index (χ3v) is 3.29. The maximum atomic E-state index is 13.0. The first kappa shape index (κ1) is 13.7. The van der Waals surface area contributed by atoms with Gasteiger partial charge in [0.05, 0.1) is 0 Å². The highest BCUT2D eigenvalue weighted by Gasteiger charge is 2.35. The summed E-state index contributed by atoms with van der Waals surface area (Å²) in [5, 5.41) is 2.77. The van der Waals surface area contributed by atoms with E-state index in [0.717, 1.165) is 5.56 Å². The summed E-state index contributed by atoms with van der Waals surface area (Å²) in [6, 6.07) is 9.34. The van der Waals surface area contributed by atoms with Gasteiger partial charge >= 0.3 is 0 Å². The van der Waals surface area contributed by atoms with Gasteiger partial charge in [-0.05, 0) is 24.5 Å². The molecule has 0 aromatic heterocycles. The van der Waals surface area contributed by atoms with Crippen LogP contribution in [0.1, 0.15) is 31.2 Å². The normalized spacial score (nSPS) is 19.5. The van der Waals surface area contributed by atoms with Crippen LogP contribution in [0, 0.1) is 0 Å². The Kier molecular flexibility index (Phi) is 4.30. The first-order valence-electron chi connectivity index (χ1n) is 6.47. The van der Waals surface area contributed by atoms with E-state index in [4.69, 9.17) is 0 Å². The van der Waals surface area contributed by atoms with Crippen LogP contribution >= 0.6 is 0 Å². The number of nitrogens with one attached hydrogen (secondary N) is 1. The third-order valence-electron chi connectivity index (χ3n) is 3.29. The zero-order valence-corrected chi connectivity index (χ0v) is 10.6. The highest BCUT2D eigenvalue weighted by molar-refractivity contribution is 5.91. The van der Waals surface area contributed by atoms with Gasteiger partial charge in [-0.2, -0.15) is 0 Å². The number of amides is 1. The Hall–Kier alpha value is -1.71. The molecule has 0 aliphatic heterocycles. The lowest BCUT2D eigenvalue weighted by Gasteiger charge is -2.28. The van der Waals surface area contributed by atoms with Crippen LogP contribution in [0.4, 0.5) is 8.78 Å². The van der Waals surface area contributed by atoms with Gasteiger partial charge in [-0.25, -0.2) is 8.78 Å². The molecular formula is C15H17F2NO. The van der Waals surface area contributed by atoms with E-state index in [1.807, 2.05) is 30.3 Å². The van der Waals surface area contributed by atoms with E-state index in [2.05, 4.69) is 5.32 Å². The molecule has 0 saturated heterocycles. The largest absolute Gasteiger partial charge is 0.350 e. The number of halogens is 2. The molecule has 0 bridgehead atoms. The van der Waals surface area contributed by atoms with Crippen molar-refractivity contribution in [2.75, 3.05) is 0 Å². The minimum atomic E-state index is -2.55. The average Bonchev–Trinajstić information content (AvgIpc) is 2.40. The van der Waals surface area contributed by atoms with Crippen LogP contribution in [0.5, 0.6) is 0 Å². The Morgan fingerprint density at radius 3 is 2.47 bits per heavy atom. The van der Waals surface area contributed by atoms with Gasteiger partial charge in [0.1, 0.15) is 0 Å². The molecule has 0 unspecified atom stereocenters. The predicted octanol–water partition coefficient (Wildman–Crippen LogP) is 3.39. The van der Waals surface area contributed by atoms with E-state index in [-0.39, 0.29) is 24.8 Å². The van der Waals surface area contributed by atoms with E-state index in [1.54, 1.807) is 6.08 Å². The number of hydrogen-bond donors (Lipinski definition) is 1. The zero-order valence-electron chi connectivity index (χ0n) is 10.6. The molecule has 1 aromatic carbocycles. The second kappa shape index (κ2) is 5.95. The molecule has 2 nitrogen and oxygen atoms in total. The highest BCUT2D eigenvalue weighted by atomic mass is 19.3. The third kappa shape index (κ3) is 4.47. The fourth-order valence-corrected chi connectivity index (χ4v) is 2.17. The minimum absolute atomic E-state index is 0.132. The van der Waals surface area contributed by atoms with Gasteiger partial charge in [0.15, 0.2) is 0 Å². The van der Waals surface area contributed by atoms with E-state index in [0.29, 0.717) is 12.8 Å². The van der Waals surface area contributed by atoms with Gasteiger partial charge in [0.2, 0.25) is 11.8 Å². The van der Waals surface area contributed by atoms with E-state index < -0.39 is 5.92 Å². The van der Waals surface area contributed by atoms with Crippen molar-refractivity contribution >= 4 is 12.0 Å². The van der Waals surface area contributed by atoms with E-state index in [9.17, 15) is 13.6 Å².